The minimum absolute atomic E-state index is 0. The fraction of sp³-hybridized carbons (Fsp3) is 0.125. The topological polar surface area (TPSA) is 68.3 Å². The Kier molecular flexibility index (Phi) is 14.4. The fourth-order valence-corrected chi connectivity index (χ4v) is 2.14. The standard InChI is InChI=1S/C8H8ClNOS.C8H6ClNO.Na.H2S/c1-11-7-3-2-5(9)4-6(7)8(10)12;1-11-8-3-2-7(9)4-6(8)5-10;;/h2-4H,1H3,(H2,10,12);2-4H,1H3;;1H2/q;;+1;/p-1. The monoisotopic (exact) mass is 424 g/mol. The third-order valence-electron chi connectivity index (χ3n) is 2.71. The summed E-state index contributed by atoms with van der Waals surface area (Å²) in [5.74, 6) is 1.20. The summed E-state index contributed by atoms with van der Waals surface area (Å²) in [5, 5.41) is 9.73. The Balaban J connectivity index is 0. The van der Waals surface area contributed by atoms with E-state index in [-0.39, 0.29) is 48.0 Å². The molecule has 0 atom stereocenters. The molecule has 0 saturated carbocycles. The number of benzene rings is 2. The molecule has 25 heavy (non-hydrogen) atoms. The van der Waals surface area contributed by atoms with Gasteiger partial charge in [-0.05, 0) is 36.4 Å². The molecule has 128 valence electrons. The molecule has 0 fully saturated rings. The second kappa shape index (κ2) is 13.5. The largest absolute Gasteiger partial charge is 1.00 e. The van der Waals surface area contributed by atoms with Crippen LogP contribution in [-0.4, -0.2) is 19.2 Å². The van der Waals surface area contributed by atoms with Gasteiger partial charge in [0.15, 0.2) is 0 Å². The van der Waals surface area contributed by atoms with Crippen LogP contribution in [-0.2, 0) is 13.5 Å². The maximum absolute atomic E-state index is 8.59. The number of halogens is 2. The molecule has 2 aromatic rings. The van der Waals surface area contributed by atoms with Crippen molar-refractivity contribution in [1.82, 2.24) is 0 Å². The number of methoxy groups -OCH3 is 2. The molecule has 9 heteroatoms. The molecule has 0 bridgehead atoms. The zero-order valence-corrected chi connectivity index (χ0v) is 19.1. The normalized spacial score (nSPS) is 8.44. The van der Waals surface area contributed by atoms with Gasteiger partial charge in [0.05, 0.1) is 25.3 Å². The first-order valence-corrected chi connectivity index (χ1v) is 7.46. The Morgan fingerprint density at radius 2 is 1.52 bits per heavy atom. The van der Waals surface area contributed by atoms with Crippen LogP contribution in [0.15, 0.2) is 36.4 Å². The molecular formula is C16H15Cl2N2NaO2S2. The van der Waals surface area contributed by atoms with Crippen molar-refractivity contribution in [2.24, 2.45) is 5.73 Å². The molecule has 2 N–H and O–H groups in total. The van der Waals surface area contributed by atoms with Crippen LogP contribution in [0.25, 0.3) is 0 Å². The summed E-state index contributed by atoms with van der Waals surface area (Å²) < 4.78 is 9.95. The molecular weight excluding hydrogens is 410 g/mol. The second-order valence-electron chi connectivity index (χ2n) is 4.17. The number of nitrogens with zero attached hydrogens (tertiary/aromatic N) is 1. The zero-order chi connectivity index (χ0) is 17.4. The molecule has 0 aliphatic carbocycles. The fourth-order valence-electron chi connectivity index (χ4n) is 1.64. The van der Waals surface area contributed by atoms with E-state index < -0.39 is 0 Å². The number of nitrogens with two attached hydrogens (primary N) is 1. The van der Waals surface area contributed by atoms with Gasteiger partial charge in [-0.3, -0.25) is 0 Å². The summed E-state index contributed by atoms with van der Waals surface area (Å²) in [6.45, 7) is 0. The van der Waals surface area contributed by atoms with Gasteiger partial charge in [0, 0.05) is 10.0 Å². The summed E-state index contributed by atoms with van der Waals surface area (Å²) in [5.41, 5.74) is 6.58. The van der Waals surface area contributed by atoms with Gasteiger partial charge in [0.2, 0.25) is 0 Å². The number of rotatable bonds is 3. The first-order valence-electron chi connectivity index (χ1n) is 6.30. The molecule has 4 nitrogen and oxygen atoms in total. The van der Waals surface area contributed by atoms with Crippen LogP contribution < -0.4 is 44.8 Å². The number of hydrogen-bond donors (Lipinski definition) is 1. The van der Waals surface area contributed by atoms with Crippen molar-refractivity contribution in [3.63, 3.8) is 0 Å². The van der Waals surface area contributed by atoms with E-state index >= 15 is 0 Å². The third-order valence-corrected chi connectivity index (χ3v) is 3.40. The predicted molar refractivity (Wildman–Crippen MR) is 105 cm³/mol. The molecule has 0 aliphatic heterocycles. The van der Waals surface area contributed by atoms with E-state index in [1.165, 1.54) is 7.11 Å². The predicted octanol–water partition coefficient (Wildman–Crippen LogP) is 0.937. The molecule has 0 amide bonds. The Morgan fingerprint density at radius 3 is 1.96 bits per heavy atom. The smallest absolute Gasteiger partial charge is 0.813 e. The number of thiocarbonyl (C=S) groups is 1. The summed E-state index contributed by atoms with van der Waals surface area (Å²) in [7, 11) is 3.08. The van der Waals surface area contributed by atoms with E-state index in [1.807, 2.05) is 6.07 Å². The van der Waals surface area contributed by atoms with Crippen LogP contribution >= 0.6 is 35.4 Å². The van der Waals surface area contributed by atoms with Crippen LogP contribution in [0, 0.1) is 11.3 Å². The Bertz CT molecular complexity index is 755. The summed E-state index contributed by atoms with van der Waals surface area (Å²) in [6, 6.07) is 12.0. The van der Waals surface area contributed by atoms with Gasteiger partial charge in [-0.1, -0.05) is 35.4 Å². The first-order chi connectivity index (χ1) is 10.9. The number of thiol groups is 1. The van der Waals surface area contributed by atoms with Gasteiger partial charge < -0.3 is 28.7 Å². The molecule has 0 unspecified atom stereocenters. The van der Waals surface area contributed by atoms with Gasteiger partial charge in [-0.25, -0.2) is 0 Å². The van der Waals surface area contributed by atoms with Gasteiger partial charge in [-0.15, -0.1) is 0 Å². The average molecular weight is 425 g/mol. The maximum atomic E-state index is 8.59. The minimum Gasteiger partial charge on any atom is -0.813 e. The molecule has 2 aromatic carbocycles. The first kappa shape index (κ1) is 26.6. The van der Waals surface area contributed by atoms with Crippen LogP contribution in [0.5, 0.6) is 11.5 Å². The molecule has 0 aromatic heterocycles. The van der Waals surface area contributed by atoms with E-state index in [4.69, 9.17) is 55.9 Å². The molecule has 0 radical (unpaired) electrons. The van der Waals surface area contributed by atoms with Crippen molar-refractivity contribution in [2.75, 3.05) is 14.2 Å². The second-order valence-corrected chi connectivity index (χ2v) is 5.48. The summed E-state index contributed by atoms with van der Waals surface area (Å²) >= 11 is 16.2. The quantitative estimate of drug-likeness (QED) is 0.342. The van der Waals surface area contributed by atoms with Crippen molar-refractivity contribution in [1.29, 1.82) is 5.26 Å². The average Bonchev–Trinajstić information content (AvgIpc) is 2.55. The van der Waals surface area contributed by atoms with Crippen molar-refractivity contribution >= 4 is 53.9 Å². The Hall–Kier alpha value is -0.650. The Morgan fingerprint density at radius 1 is 1.04 bits per heavy atom. The van der Waals surface area contributed by atoms with Crippen molar-refractivity contribution < 1.29 is 39.0 Å². The van der Waals surface area contributed by atoms with E-state index in [0.717, 1.165) is 0 Å². The summed E-state index contributed by atoms with van der Waals surface area (Å²) in [6.07, 6.45) is 0. The van der Waals surface area contributed by atoms with Crippen LogP contribution in [0.3, 0.4) is 0 Å². The third kappa shape index (κ3) is 8.52. The molecule has 0 heterocycles. The minimum atomic E-state index is 0. The number of ether oxygens (including phenoxy) is 2. The molecule has 0 saturated heterocycles. The van der Waals surface area contributed by atoms with Gasteiger partial charge in [0.1, 0.15) is 22.6 Å². The maximum Gasteiger partial charge on any atom is 1.00 e. The molecule has 2 rings (SSSR count). The van der Waals surface area contributed by atoms with Crippen molar-refractivity contribution in [2.45, 2.75) is 0 Å². The number of hydrogen-bond acceptors (Lipinski definition) is 5. The summed E-state index contributed by atoms with van der Waals surface area (Å²) in [4.78, 5) is 0.286. The van der Waals surface area contributed by atoms with Crippen LogP contribution in [0.2, 0.25) is 10.0 Å². The SMILES string of the molecule is COc1ccc(Cl)cc1C#N.COc1ccc(Cl)cc1C(N)=S.[Na+].[SH-]. The van der Waals surface area contributed by atoms with Gasteiger partial charge in [0.25, 0.3) is 0 Å². The zero-order valence-electron chi connectivity index (χ0n) is 13.9. The van der Waals surface area contributed by atoms with Gasteiger partial charge in [-0.2, -0.15) is 5.26 Å². The Labute approximate surface area is 191 Å². The van der Waals surface area contributed by atoms with Gasteiger partial charge >= 0.3 is 29.6 Å². The molecule has 0 aliphatic rings. The van der Waals surface area contributed by atoms with E-state index in [2.05, 4.69) is 0 Å². The van der Waals surface area contributed by atoms with Crippen LogP contribution in [0.4, 0.5) is 0 Å². The number of nitriles is 1. The molecule has 0 spiro atoms. The van der Waals surface area contributed by atoms with Crippen molar-refractivity contribution in [3.05, 3.63) is 57.6 Å². The van der Waals surface area contributed by atoms with E-state index in [9.17, 15) is 0 Å². The van der Waals surface area contributed by atoms with Crippen molar-refractivity contribution in [3.8, 4) is 17.6 Å². The van der Waals surface area contributed by atoms with E-state index in [0.29, 0.717) is 32.7 Å². The van der Waals surface area contributed by atoms with Crippen LogP contribution in [0.1, 0.15) is 11.1 Å². The van der Waals surface area contributed by atoms with E-state index in [1.54, 1.807) is 43.5 Å².